The Morgan fingerprint density at radius 2 is 2.00 bits per heavy atom. The lowest BCUT2D eigenvalue weighted by Gasteiger charge is -2.29. The van der Waals surface area contributed by atoms with Gasteiger partial charge in [0.05, 0.1) is 12.6 Å². The Morgan fingerprint density at radius 3 is 2.50 bits per heavy atom. The quantitative estimate of drug-likeness (QED) is 0.730. The monoisotopic (exact) mass is 228 g/mol. The zero-order chi connectivity index (χ0) is 12.1. The van der Waals surface area contributed by atoms with E-state index in [4.69, 9.17) is 5.11 Å². The maximum atomic E-state index is 11.9. The summed E-state index contributed by atoms with van der Waals surface area (Å²) in [4.78, 5) is 13.8. The van der Waals surface area contributed by atoms with Crippen LogP contribution in [0, 0.1) is 0 Å². The Bertz CT molecular complexity index is 227. The summed E-state index contributed by atoms with van der Waals surface area (Å²) in [5, 5.41) is 12.1. The molecule has 0 bridgehead atoms. The summed E-state index contributed by atoms with van der Waals surface area (Å²) >= 11 is 0. The van der Waals surface area contributed by atoms with Crippen LogP contribution in [0.3, 0.4) is 0 Å². The van der Waals surface area contributed by atoms with Crippen LogP contribution in [0.15, 0.2) is 0 Å². The summed E-state index contributed by atoms with van der Waals surface area (Å²) in [7, 11) is 1.87. The smallest absolute Gasteiger partial charge is 0.237 e. The van der Waals surface area contributed by atoms with E-state index in [1.807, 2.05) is 25.8 Å². The van der Waals surface area contributed by atoms with Gasteiger partial charge in [-0.05, 0) is 33.7 Å². The van der Waals surface area contributed by atoms with E-state index in [-0.39, 0.29) is 24.6 Å². The maximum absolute atomic E-state index is 11.9. The van der Waals surface area contributed by atoms with E-state index >= 15 is 0 Å². The molecule has 4 nitrogen and oxygen atoms in total. The van der Waals surface area contributed by atoms with Gasteiger partial charge >= 0.3 is 0 Å². The molecule has 1 amide bonds. The number of nitrogens with one attached hydrogen (secondary N) is 1. The van der Waals surface area contributed by atoms with Crippen molar-refractivity contribution in [2.75, 3.05) is 13.7 Å². The van der Waals surface area contributed by atoms with E-state index in [1.165, 1.54) is 12.8 Å². The van der Waals surface area contributed by atoms with Gasteiger partial charge in [0.15, 0.2) is 0 Å². The summed E-state index contributed by atoms with van der Waals surface area (Å²) in [6.07, 6.45) is 4.67. The van der Waals surface area contributed by atoms with E-state index in [9.17, 15) is 4.79 Å². The molecule has 4 heteroatoms. The normalized spacial score (nSPS) is 21.1. The van der Waals surface area contributed by atoms with Gasteiger partial charge in [0.2, 0.25) is 5.91 Å². The Hall–Kier alpha value is -0.610. The summed E-state index contributed by atoms with van der Waals surface area (Å²) < 4.78 is 0. The van der Waals surface area contributed by atoms with Gasteiger partial charge in [-0.3, -0.25) is 9.69 Å². The Balaban J connectivity index is 2.39. The Kier molecular flexibility index (Phi) is 5.22. The predicted molar refractivity (Wildman–Crippen MR) is 64.2 cm³/mol. The summed E-state index contributed by atoms with van der Waals surface area (Å²) in [5.41, 5.74) is 0. The molecule has 2 unspecified atom stereocenters. The van der Waals surface area contributed by atoms with Gasteiger partial charge in [0.25, 0.3) is 0 Å². The number of rotatable bonds is 5. The molecule has 94 valence electrons. The fourth-order valence-corrected chi connectivity index (χ4v) is 2.09. The zero-order valence-electron chi connectivity index (χ0n) is 10.6. The van der Waals surface area contributed by atoms with Crippen LogP contribution in [-0.2, 0) is 4.79 Å². The summed E-state index contributed by atoms with van der Waals surface area (Å²) in [5.74, 6) is 0.0784. The van der Waals surface area contributed by atoms with E-state index in [0.717, 1.165) is 12.8 Å². The van der Waals surface area contributed by atoms with Crippen LogP contribution in [-0.4, -0.2) is 47.7 Å². The molecular weight excluding hydrogens is 204 g/mol. The second-order valence-corrected chi connectivity index (χ2v) is 4.86. The number of aliphatic hydroxyl groups is 1. The highest BCUT2D eigenvalue weighted by molar-refractivity contribution is 5.81. The first kappa shape index (κ1) is 13.5. The maximum Gasteiger partial charge on any atom is 0.237 e. The van der Waals surface area contributed by atoms with Crippen LogP contribution in [0.5, 0.6) is 0 Å². The van der Waals surface area contributed by atoms with Crippen molar-refractivity contribution < 1.29 is 9.90 Å². The van der Waals surface area contributed by atoms with Crippen molar-refractivity contribution in [1.29, 1.82) is 0 Å². The van der Waals surface area contributed by atoms with E-state index in [0.29, 0.717) is 6.04 Å². The number of carbonyl (C=O) groups is 1. The molecule has 0 heterocycles. The SMILES string of the molecule is CC(CO)N(C)C(C)C(=O)NC1CCCC1. The summed E-state index contributed by atoms with van der Waals surface area (Å²) in [6, 6.07) is 0.208. The fourth-order valence-electron chi connectivity index (χ4n) is 2.09. The first-order valence-corrected chi connectivity index (χ1v) is 6.19. The van der Waals surface area contributed by atoms with E-state index in [2.05, 4.69) is 5.32 Å². The molecule has 0 aromatic rings. The minimum atomic E-state index is -0.178. The number of aliphatic hydroxyl groups excluding tert-OH is 1. The molecule has 2 N–H and O–H groups in total. The van der Waals surface area contributed by atoms with Crippen molar-refractivity contribution in [2.24, 2.45) is 0 Å². The van der Waals surface area contributed by atoms with E-state index < -0.39 is 0 Å². The number of hydrogen-bond acceptors (Lipinski definition) is 3. The number of nitrogens with zero attached hydrogens (tertiary/aromatic N) is 1. The van der Waals surface area contributed by atoms with Crippen LogP contribution in [0.1, 0.15) is 39.5 Å². The molecule has 2 atom stereocenters. The topological polar surface area (TPSA) is 52.6 Å². The molecule has 0 radical (unpaired) electrons. The minimum Gasteiger partial charge on any atom is -0.395 e. The molecule has 0 aliphatic heterocycles. The van der Waals surface area contributed by atoms with Gasteiger partial charge in [0, 0.05) is 12.1 Å². The number of carbonyl (C=O) groups excluding carboxylic acids is 1. The van der Waals surface area contributed by atoms with Gasteiger partial charge in [-0.1, -0.05) is 12.8 Å². The number of amides is 1. The lowest BCUT2D eigenvalue weighted by atomic mass is 10.2. The van der Waals surface area contributed by atoms with Gasteiger partial charge in [-0.2, -0.15) is 0 Å². The molecule has 1 aliphatic rings. The lowest BCUT2D eigenvalue weighted by Crippen LogP contribution is -2.49. The van der Waals surface area contributed by atoms with Crippen molar-refractivity contribution in [1.82, 2.24) is 10.2 Å². The van der Waals surface area contributed by atoms with Crippen molar-refractivity contribution >= 4 is 5.91 Å². The first-order valence-electron chi connectivity index (χ1n) is 6.19. The Labute approximate surface area is 98.0 Å². The molecule has 1 aliphatic carbocycles. The first-order chi connectivity index (χ1) is 7.56. The third-order valence-electron chi connectivity index (χ3n) is 3.65. The number of likely N-dealkylation sites (N-methyl/N-ethyl adjacent to an activating group) is 1. The van der Waals surface area contributed by atoms with Gasteiger partial charge in [0.1, 0.15) is 0 Å². The van der Waals surface area contributed by atoms with E-state index in [1.54, 1.807) is 0 Å². The van der Waals surface area contributed by atoms with Crippen LogP contribution < -0.4 is 5.32 Å². The molecule has 1 fully saturated rings. The second kappa shape index (κ2) is 6.21. The molecule has 0 aromatic carbocycles. The van der Waals surface area contributed by atoms with Crippen LogP contribution in [0.4, 0.5) is 0 Å². The highest BCUT2D eigenvalue weighted by Gasteiger charge is 2.24. The lowest BCUT2D eigenvalue weighted by molar-refractivity contribution is -0.127. The van der Waals surface area contributed by atoms with Crippen molar-refractivity contribution in [3.63, 3.8) is 0 Å². The van der Waals surface area contributed by atoms with Gasteiger partial charge in [-0.15, -0.1) is 0 Å². The van der Waals surface area contributed by atoms with Crippen LogP contribution >= 0.6 is 0 Å². The third-order valence-corrected chi connectivity index (χ3v) is 3.65. The van der Waals surface area contributed by atoms with Crippen molar-refractivity contribution in [2.45, 2.75) is 57.7 Å². The largest absolute Gasteiger partial charge is 0.395 e. The van der Waals surface area contributed by atoms with Crippen molar-refractivity contribution in [3.8, 4) is 0 Å². The van der Waals surface area contributed by atoms with Crippen LogP contribution in [0.25, 0.3) is 0 Å². The predicted octanol–water partition coefficient (Wildman–Crippen LogP) is 0.746. The molecule has 0 aromatic heterocycles. The average Bonchev–Trinajstić information content (AvgIpc) is 2.78. The molecule has 0 spiro atoms. The summed E-state index contributed by atoms with van der Waals surface area (Å²) in [6.45, 7) is 3.88. The molecule has 1 saturated carbocycles. The Morgan fingerprint density at radius 1 is 1.44 bits per heavy atom. The highest BCUT2D eigenvalue weighted by atomic mass is 16.3. The van der Waals surface area contributed by atoms with Crippen LogP contribution in [0.2, 0.25) is 0 Å². The highest BCUT2D eigenvalue weighted by Crippen LogP contribution is 2.18. The van der Waals surface area contributed by atoms with Gasteiger partial charge in [-0.25, -0.2) is 0 Å². The molecule has 0 saturated heterocycles. The third kappa shape index (κ3) is 3.46. The standard InChI is InChI=1S/C12H24N2O2/c1-9(8-15)14(3)10(2)12(16)13-11-6-4-5-7-11/h9-11,15H,4-8H2,1-3H3,(H,13,16). The van der Waals surface area contributed by atoms with Crippen molar-refractivity contribution in [3.05, 3.63) is 0 Å². The average molecular weight is 228 g/mol. The van der Waals surface area contributed by atoms with Gasteiger partial charge < -0.3 is 10.4 Å². The molecular formula is C12H24N2O2. The molecule has 1 rings (SSSR count). The minimum absolute atomic E-state index is 0.0179. The second-order valence-electron chi connectivity index (χ2n) is 4.86. The zero-order valence-corrected chi connectivity index (χ0v) is 10.6. The fraction of sp³-hybridized carbons (Fsp3) is 0.917. The molecule has 16 heavy (non-hydrogen) atoms. The number of hydrogen-bond donors (Lipinski definition) is 2.